The maximum absolute atomic E-state index is 13.1. The van der Waals surface area contributed by atoms with Gasteiger partial charge in [0.25, 0.3) is 5.56 Å². The van der Waals surface area contributed by atoms with E-state index in [9.17, 15) is 4.79 Å². The summed E-state index contributed by atoms with van der Waals surface area (Å²) < 4.78 is 18.1. The molecule has 3 aromatic rings. The molecule has 0 bridgehead atoms. The minimum absolute atomic E-state index is 0.0202. The molecule has 0 unspecified atom stereocenters. The molecule has 2 aromatic carbocycles. The first-order chi connectivity index (χ1) is 16.0. The molecule has 1 aromatic heterocycles. The molecule has 0 aliphatic carbocycles. The highest BCUT2D eigenvalue weighted by atomic mass is 16.5. The second kappa shape index (κ2) is 9.54. The Morgan fingerprint density at radius 1 is 0.909 bits per heavy atom. The Kier molecular flexibility index (Phi) is 6.55. The van der Waals surface area contributed by atoms with Gasteiger partial charge in [-0.3, -0.25) is 19.2 Å². The van der Waals surface area contributed by atoms with Crippen LogP contribution in [0, 0.1) is 13.8 Å². The van der Waals surface area contributed by atoms with E-state index < -0.39 is 0 Å². The van der Waals surface area contributed by atoms with Crippen molar-refractivity contribution in [1.82, 2.24) is 14.5 Å². The Labute approximate surface area is 193 Å². The predicted molar refractivity (Wildman–Crippen MR) is 128 cm³/mol. The van der Waals surface area contributed by atoms with Crippen LogP contribution in [0.15, 0.2) is 47.3 Å². The van der Waals surface area contributed by atoms with Gasteiger partial charge >= 0.3 is 0 Å². The molecular formula is C25H30N4O4. The van der Waals surface area contributed by atoms with Crippen molar-refractivity contribution < 1.29 is 14.2 Å². The summed E-state index contributed by atoms with van der Waals surface area (Å²) in [6.45, 7) is 5.51. The van der Waals surface area contributed by atoms with Gasteiger partial charge in [-0.2, -0.15) is 0 Å². The first-order valence-corrected chi connectivity index (χ1v) is 10.9. The molecule has 0 saturated heterocycles. The summed E-state index contributed by atoms with van der Waals surface area (Å²) in [7, 11) is 4.92. The lowest BCUT2D eigenvalue weighted by Crippen LogP contribution is -2.48. The van der Waals surface area contributed by atoms with Gasteiger partial charge in [-0.05, 0) is 50.1 Å². The molecule has 8 heteroatoms. The van der Waals surface area contributed by atoms with Crippen LogP contribution in [0.2, 0.25) is 0 Å². The van der Waals surface area contributed by atoms with E-state index in [0.29, 0.717) is 36.3 Å². The van der Waals surface area contributed by atoms with Gasteiger partial charge in [0.15, 0.2) is 11.5 Å². The SMILES string of the molecule is COc1ccc(CCN2CN(c3ccccc3OC)c3nc(C)c(C)c(=O)n3C2)cc1OC. The van der Waals surface area contributed by atoms with Gasteiger partial charge < -0.3 is 14.2 Å². The summed E-state index contributed by atoms with van der Waals surface area (Å²) in [6, 6.07) is 13.8. The number of fused-ring (bicyclic) bond motifs is 1. The van der Waals surface area contributed by atoms with Gasteiger partial charge in [0.1, 0.15) is 5.75 Å². The zero-order valence-corrected chi connectivity index (χ0v) is 19.8. The Bertz CT molecular complexity index is 1210. The zero-order chi connectivity index (χ0) is 23.5. The number of hydrogen-bond donors (Lipinski definition) is 0. The third-order valence-corrected chi connectivity index (χ3v) is 6.08. The lowest BCUT2D eigenvalue weighted by molar-refractivity contribution is 0.200. The Hall–Kier alpha value is -3.52. The number of ether oxygens (including phenoxy) is 3. The number of methoxy groups -OCH3 is 3. The van der Waals surface area contributed by atoms with E-state index >= 15 is 0 Å². The molecule has 0 atom stereocenters. The fourth-order valence-electron chi connectivity index (χ4n) is 4.09. The van der Waals surface area contributed by atoms with Crippen molar-refractivity contribution in [3.8, 4) is 17.2 Å². The summed E-state index contributed by atoms with van der Waals surface area (Å²) in [5.41, 5.74) is 3.39. The average Bonchev–Trinajstić information content (AvgIpc) is 2.85. The monoisotopic (exact) mass is 450 g/mol. The van der Waals surface area contributed by atoms with Crippen LogP contribution >= 0.6 is 0 Å². The van der Waals surface area contributed by atoms with E-state index in [2.05, 4.69) is 4.90 Å². The maximum Gasteiger partial charge on any atom is 0.259 e. The Morgan fingerprint density at radius 3 is 2.36 bits per heavy atom. The number of para-hydroxylation sites is 2. The number of aryl methyl sites for hydroxylation is 1. The largest absolute Gasteiger partial charge is 0.495 e. The van der Waals surface area contributed by atoms with Crippen LogP contribution in [0.25, 0.3) is 0 Å². The molecule has 0 amide bonds. The van der Waals surface area contributed by atoms with Crippen LogP contribution in [0.1, 0.15) is 16.8 Å². The second-order valence-electron chi connectivity index (χ2n) is 8.07. The lowest BCUT2D eigenvalue weighted by atomic mass is 10.1. The highest BCUT2D eigenvalue weighted by Gasteiger charge is 2.28. The molecule has 2 heterocycles. The van der Waals surface area contributed by atoms with E-state index in [1.54, 1.807) is 25.9 Å². The fraction of sp³-hybridized carbons (Fsp3) is 0.360. The quantitative estimate of drug-likeness (QED) is 0.546. The van der Waals surface area contributed by atoms with Gasteiger partial charge in [0, 0.05) is 17.8 Å². The first kappa shape index (κ1) is 22.7. The molecule has 0 fully saturated rings. The molecule has 0 saturated carbocycles. The Balaban J connectivity index is 1.67. The molecule has 33 heavy (non-hydrogen) atoms. The molecular weight excluding hydrogens is 420 g/mol. The molecule has 0 N–H and O–H groups in total. The van der Waals surface area contributed by atoms with E-state index in [-0.39, 0.29) is 5.56 Å². The lowest BCUT2D eigenvalue weighted by Gasteiger charge is -2.38. The number of benzene rings is 2. The van der Waals surface area contributed by atoms with Crippen molar-refractivity contribution in [3.05, 3.63) is 69.6 Å². The highest BCUT2D eigenvalue weighted by Crippen LogP contribution is 2.35. The number of rotatable bonds is 7. The normalized spacial score (nSPS) is 13.5. The fourth-order valence-corrected chi connectivity index (χ4v) is 4.09. The molecule has 1 aliphatic heterocycles. The smallest absolute Gasteiger partial charge is 0.259 e. The van der Waals surface area contributed by atoms with Gasteiger partial charge in [-0.1, -0.05) is 18.2 Å². The van der Waals surface area contributed by atoms with Crippen molar-refractivity contribution in [3.63, 3.8) is 0 Å². The molecule has 174 valence electrons. The first-order valence-electron chi connectivity index (χ1n) is 10.9. The van der Waals surface area contributed by atoms with Crippen LogP contribution in [-0.2, 0) is 13.1 Å². The zero-order valence-electron chi connectivity index (χ0n) is 19.8. The van der Waals surface area contributed by atoms with Crippen molar-refractivity contribution in [2.75, 3.05) is 39.4 Å². The summed E-state index contributed by atoms with van der Waals surface area (Å²) in [6.07, 6.45) is 0.794. The van der Waals surface area contributed by atoms with E-state index in [4.69, 9.17) is 19.2 Å². The van der Waals surface area contributed by atoms with Gasteiger partial charge in [-0.25, -0.2) is 4.98 Å². The number of aromatic nitrogens is 2. The Morgan fingerprint density at radius 2 is 1.64 bits per heavy atom. The molecule has 1 aliphatic rings. The second-order valence-corrected chi connectivity index (χ2v) is 8.07. The topological polar surface area (TPSA) is 69.1 Å². The van der Waals surface area contributed by atoms with Crippen LogP contribution in [0.5, 0.6) is 17.2 Å². The molecule has 8 nitrogen and oxygen atoms in total. The minimum Gasteiger partial charge on any atom is -0.495 e. The number of hydrogen-bond acceptors (Lipinski definition) is 7. The summed E-state index contributed by atoms with van der Waals surface area (Å²) >= 11 is 0. The summed E-state index contributed by atoms with van der Waals surface area (Å²) in [5.74, 6) is 2.79. The molecule has 0 radical (unpaired) electrons. The van der Waals surface area contributed by atoms with Crippen molar-refractivity contribution in [2.24, 2.45) is 0 Å². The highest BCUT2D eigenvalue weighted by molar-refractivity contribution is 5.66. The van der Waals surface area contributed by atoms with Crippen LogP contribution in [-0.4, -0.2) is 49.0 Å². The predicted octanol–water partition coefficient (Wildman–Crippen LogP) is 3.50. The van der Waals surface area contributed by atoms with Crippen LogP contribution in [0.4, 0.5) is 11.6 Å². The van der Waals surface area contributed by atoms with Gasteiger partial charge in [0.05, 0.1) is 40.4 Å². The summed E-state index contributed by atoms with van der Waals surface area (Å²) in [4.78, 5) is 22.2. The van der Waals surface area contributed by atoms with Crippen LogP contribution in [0.3, 0.4) is 0 Å². The summed E-state index contributed by atoms with van der Waals surface area (Å²) in [5, 5.41) is 0. The standard InChI is InChI=1S/C25H30N4O4/c1-17-18(2)26-25-28(20-8-6-7-9-21(20)31-3)15-27(16-29(25)24(17)30)13-12-19-10-11-22(32-4)23(14-19)33-5/h6-11,14H,12-13,15-16H2,1-5H3. The molecule has 4 rings (SSSR count). The minimum atomic E-state index is -0.0202. The average molecular weight is 451 g/mol. The third-order valence-electron chi connectivity index (χ3n) is 6.08. The number of anilines is 2. The third kappa shape index (κ3) is 4.39. The van der Waals surface area contributed by atoms with Crippen LogP contribution < -0.4 is 24.7 Å². The van der Waals surface area contributed by atoms with E-state index in [1.165, 1.54) is 0 Å². The van der Waals surface area contributed by atoms with Crippen molar-refractivity contribution in [2.45, 2.75) is 26.9 Å². The maximum atomic E-state index is 13.1. The van der Waals surface area contributed by atoms with Gasteiger partial charge in [0.2, 0.25) is 5.95 Å². The van der Waals surface area contributed by atoms with E-state index in [0.717, 1.165) is 35.7 Å². The van der Waals surface area contributed by atoms with Crippen molar-refractivity contribution >= 4 is 11.6 Å². The van der Waals surface area contributed by atoms with E-state index in [1.807, 2.05) is 61.2 Å². The van der Waals surface area contributed by atoms with Crippen molar-refractivity contribution in [1.29, 1.82) is 0 Å². The number of nitrogens with zero attached hydrogens (tertiary/aromatic N) is 4. The van der Waals surface area contributed by atoms with Gasteiger partial charge in [-0.15, -0.1) is 0 Å². The molecule has 0 spiro atoms.